The molecule has 1 aliphatic rings. The number of likely N-dealkylation sites (N-methyl/N-ethyl adjacent to an activating group) is 1. The summed E-state index contributed by atoms with van der Waals surface area (Å²) in [4.78, 5) is 14.1. The molecule has 0 unspecified atom stereocenters. The summed E-state index contributed by atoms with van der Waals surface area (Å²) in [5.74, 6) is 0.827. The maximum atomic E-state index is 12.0. The maximum Gasteiger partial charge on any atom is 0.260 e. The van der Waals surface area contributed by atoms with Gasteiger partial charge in [-0.25, -0.2) is 0 Å². The van der Waals surface area contributed by atoms with E-state index in [1.807, 2.05) is 38.1 Å². The summed E-state index contributed by atoms with van der Waals surface area (Å²) in [5.41, 5.74) is 2.66. The zero-order valence-electron chi connectivity index (χ0n) is 13.3. The van der Waals surface area contributed by atoms with E-state index in [9.17, 15) is 4.79 Å². The van der Waals surface area contributed by atoms with Crippen LogP contribution in [0.5, 0.6) is 5.75 Å². The third kappa shape index (κ3) is 4.46. The van der Waals surface area contributed by atoms with Crippen LogP contribution in [-0.4, -0.2) is 44.1 Å². The molecule has 0 saturated carbocycles. The first-order chi connectivity index (χ1) is 10.1. The number of hydrogen-bond donors (Lipinski definition) is 1. The molecule has 4 heteroatoms. The minimum atomic E-state index is -0.458. The van der Waals surface area contributed by atoms with E-state index in [1.165, 1.54) is 24.0 Å². The van der Waals surface area contributed by atoms with Crippen LogP contribution in [0.15, 0.2) is 18.2 Å². The van der Waals surface area contributed by atoms with Gasteiger partial charge in [0.1, 0.15) is 5.75 Å². The number of carbonyl (C=O) groups is 1. The summed E-state index contributed by atoms with van der Waals surface area (Å²) in [6.45, 7) is 3.29. The van der Waals surface area contributed by atoms with Crippen molar-refractivity contribution in [1.29, 1.82) is 0 Å². The molecule has 0 bridgehead atoms. The van der Waals surface area contributed by atoms with Crippen LogP contribution in [0.4, 0.5) is 0 Å². The number of aryl methyl sites for hydroxylation is 1. The Morgan fingerprint density at radius 1 is 1.33 bits per heavy atom. The second-order valence-corrected chi connectivity index (χ2v) is 5.96. The van der Waals surface area contributed by atoms with Crippen LogP contribution in [0.2, 0.25) is 0 Å². The number of amides is 1. The number of rotatable bonds is 6. The van der Waals surface area contributed by atoms with Crippen LogP contribution in [0.3, 0.4) is 0 Å². The Morgan fingerprint density at radius 2 is 2.10 bits per heavy atom. The standard InChI is InChI=1S/C17H26N2O2/c1-13(17(20)18-11-12-19(2)3)21-16-10-6-8-14-7-4-5-9-15(14)16/h6,8,10,13H,4-5,7,9,11-12H2,1-3H3,(H,18,20)/t13-/m0/s1. The van der Waals surface area contributed by atoms with Crippen molar-refractivity contribution < 1.29 is 9.53 Å². The average Bonchev–Trinajstić information content (AvgIpc) is 2.47. The highest BCUT2D eigenvalue weighted by Gasteiger charge is 2.19. The minimum absolute atomic E-state index is 0.0507. The van der Waals surface area contributed by atoms with Gasteiger partial charge in [0.15, 0.2) is 6.10 Å². The third-order valence-electron chi connectivity index (χ3n) is 3.88. The molecule has 1 aromatic carbocycles. The predicted molar refractivity (Wildman–Crippen MR) is 84.7 cm³/mol. The molecule has 0 heterocycles. The fourth-order valence-electron chi connectivity index (χ4n) is 2.65. The number of nitrogens with one attached hydrogen (secondary N) is 1. The van der Waals surface area contributed by atoms with Crippen molar-refractivity contribution in [3.63, 3.8) is 0 Å². The minimum Gasteiger partial charge on any atom is -0.481 e. The topological polar surface area (TPSA) is 41.6 Å². The highest BCUT2D eigenvalue weighted by molar-refractivity contribution is 5.80. The van der Waals surface area contributed by atoms with Crippen molar-refractivity contribution in [3.8, 4) is 5.75 Å². The molecule has 1 aromatic rings. The Balaban J connectivity index is 1.93. The average molecular weight is 290 g/mol. The monoisotopic (exact) mass is 290 g/mol. The summed E-state index contributed by atoms with van der Waals surface area (Å²) in [6.07, 6.45) is 4.17. The zero-order chi connectivity index (χ0) is 15.2. The summed E-state index contributed by atoms with van der Waals surface area (Å²) < 4.78 is 5.91. The zero-order valence-corrected chi connectivity index (χ0v) is 13.3. The van der Waals surface area contributed by atoms with Crippen LogP contribution in [0.25, 0.3) is 0 Å². The second kappa shape index (κ2) is 7.46. The SMILES string of the molecule is C[C@H](Oc1cccc2c1CCCC2)C(=O)NCCN(C)C. The largest absolute Gasteiger partial charge is 0.481 e. The number of carbonyl (C=O) groups excluding carboxylic acids is 1. The molecule has 1 aliphatic carbocycles. The smallest absolute Gasteiger partial charge is 0.260 e. The van der Waals surface area contributed by atoms with E-state index in [-0.39, 0.29) is 5.91 Å². The highest BCUT2D eigenvalue weighted by Crippen LogP contribution is 2.30. The van der Waals surface area contributed by atoms with Crippen molar-refractivity contribution >= 4 is 5.91 Å². The summed E-state index contributed by atoms with van der Waals surface area (Å²) >= 11 is 0. The molecular weight excluding hydrogens is 264 g/mol. The van der Waals surface area contributed by atoms with Crippen LogP contribution < -0.4 is 10.1 Å². The van der Waals surface area contributed by atoms with Crippen LogP contribution >= 0.6 is 0 Å². The van der Waals surface area contributed by atoms with E-state index in [4.69, 9.17) is 4.74 Å². The first-order valence-corrected chi connectivity index (χ1v) is 7.78. The molecular formula is C17H26N2O2. The Kier molecular flexibility index (Phi) is 5.62. The summed E-state index contributed by atoms with van der Waals surface area (Å²) in [5, 5.41) is 2.91. The van der Waals surface area contributed by atoms with Gasteiger partial charge in [0, 0.05) is 13.1 Å². The molecule has 0 saturated heterocycles. The van der Waals surface area contributed by atoms with Crippen molar-refractivity contribution in [2.45, 2.75) is 38.7 Å². The molecule has 0 fully saturated rings. The van der Waals surface area contributed by atoms with Crippen molar-refractivity contribution in [3.05, 3.63) is 29.3 Å². The van der Waals surface area contributed by atoms with E-state index in [0.29, 0.717) is 6.54 Å². The number of ether oxygens (including phenoxy) is 1. The lowest BCUT2D eigenvalue weighted by atomic mass is 9.91. The molecule has 0 aliphatic heterocycles. The van der Waals surface area contributed by atoms with Gasteiger partial charge in [-0.2, -0.15) is 0 Å². The van der Waals surface area contributed by atoms with E-state index in [1.54, 1.807) is 0 Å². The lowest BCUT2D eigenvalue weighted by Gasteiger charge is -2.22. The molecule has 1 N–H and O–H groups in total. The first-order valence-electron chi connectivity index (χ1n) is 7.78. The van der Waals surface area contributed by atoms with Gasteiger partial charge in [0.05, 0.1) is 0 Å². The second-order valence-electron chi connectivity index (χ2n) is 5.96. The summed E-state index contributed by atoms with van der Waals surface area (Å²) in [6, 6.07) is 6.17. The van der Waals surface area contributed by atoms with Gasteiger partial charge >= 0.3 is 0 Å². The van der Waals surface area contributed by atoms with Crippen molar-refractivity contribution in [1.82, 2.24) is 10.2 Å². The van der Waals surface area contributed by atoms with E-state index in [2.05, 4.69) is 11.4 Å². The highest BCUT2D eigenvalue weighted by atomic mass is 16.5. The lowest BCUT2D eigenvalue weighted by Crippen LogP contribution is -2.39. The van der Waals surface area contributed by atoms with Gasteiger partial charge in [-0.15, -0.1) is 0 Å². The van der Waals surface area contributed by atoms with Crippen LogP contribution in [0.1, 0.15) is 30.9 Å². The van der Waals surface area contributed by atoms with Crippen molar-refractivity contribution in [2.24, 2.45) is 0 Å². The Labute approximate surface area is 127 Å². The number of hydrogen-bond acceptors (Lipinski definition) is 3. The normalized spacial score (nSPS) is 15.4. The summed E-state index contributed by atoms with van der Waals surface area (Å²) in [7, 11) is 3.98. The van der Waals surface area contributed by atoms with Gasteiger partial charge in [0.2, 0.25) is 0 Å². The third-order valence-corrected chi connectivity index (χ3v) is 3.88. The first kappa shape index (κ1) is 15.8. The fraction of sp³-hybridized carbons (Fsp3) is 0.588. The van der Waals surface area contributed by atoms with Crippen molar-refractivity contribution in [2.75, 3.05) is 27.2 Å². The van der Waals surface area contributed by atoms with Gasteiger partial charge < -0.3 is 15.0 Å². The number of nitrogens with zero attached hydrogens (tertiary/aromatic N) is 1. The molecule has 1 amide bonds. The fourth-order valence-corrected chi connectivity index (χ4v) is 2.65. The molecule has 2 rings (SSSR count). The van der Waals surface area contributed by atoms with Gasteiger partial charge in [-0.1, -0.05) is 12.1 Å². The molecule has 0 aromatic heterocycles. The lowest BCUT2D eigenvalue weighted by molar-refractivity contribution is -0.127. The Morgan fingerprint density at radius 3 is 2.86 bits per heavy atom. The Hall–Kier alpha value is -1.55. The molecule has 0 spiro atoms. The van der Waals surface area contributed by atoms with Crippen LogP contribution in [0, 0.1) is 0 Å². The van der Waals surface area contributed by atoms with E-state index >= 15 is 0 Å². The van der Waals surface area contributed by atoms with Crippen LogP contribution in [-0.2, 0) is 17.6 Å². The molecule has 116 valence electrons. The van der Waals surface area contributed by atoms with Gasteiger partial charge in [-0.3, -0.25) is 4.79 Å². The Bertz CT molecular complexity index is 486. The predicted octanol–water partition coefficient (Wildman–Crippen LogP) is 2.01. The van der Waals surface area contributed by atoms with Gasteiger partial charge in [-0.05, 0) is 63.9 Å². The number of fused-ring (bicyclic) bond motifs is 1. The maximum absolute atomic E-state index is 12.0. The number of benzene rings is 1. The molecule has 21 heavy (non-hydrogen) atoms. The molecule has 4 nitrogen and oxygen atoms in total. The van der Waals surface area contributed by atoms with E-state index in [0.717, 1.165) is 25.1 Å². The van der Waals surface area contributed by atoms with E-state index < -0.39 is 6.10 Å². The van der Waals surface area contributed by atoms with Gasteiger partial charge in [0.25, 0.3) is 5.91 Å². The molecule has 1 atom stereocenters. The quantitative estimate of drug-likeness (QED) is 0.871. The molecule has 0 radical (unpaired) electrons.